The van der Waals surface area contributed by atoms with E-state index in [-0.39, 0.29) is 16.7 Å². The van der Waals surface area contributed by atoms with Crippen LogP contribution in [0.3, 0.4) is 0 Å². The van der Waals surface area contributed by atoms with Crippen LogP contribution in [0.25, 0.3) is 0 Å². The second-order valence-corrected chi connectivity index (χ2v) is 9.21. The molecule has 0 amide bonds. The van der Waals surface area contributed by atoms with Gasteiger partial charge in [0.25, 0.3) is 0 Å². The molecule has 2 atom stereocenters. The number of thioether (sulfide) groups is 1. The number of sulfone groups is 1. The molecule has 112 valence electrons. The molecule has 2 fully saturated rings. The largest absolute Gasteiger partial charge is 0.329 e. The van der Waals surface area contributed by atoms with Gasteiger partial charge in [0.2, 0.25) is 0 Å². The lowest BCUT2D eigenvalue weighted by Crippen LogP contribution is -2.63. The van der Waals surface area contributed by atoms with Gasteiger partial charge in [-0.3, -0.25) is 4.90 Å². The Balaban J connectivity index is 2.32. The Kier molecular flexibility index (Phi) is 4.86. The molecular formula is C13H26N2O2S2. The maximum Gasteiger partial charge on any atom is 0.166 e. The van der Waals surface area contributed by atoms with E-state index < -0.39 is 9.84 Å². The van der Waals surface area contributed by atoms with Crippen LogP contribution in [0.1, 0.15) is 33.1 Å². The minimum Gasteiger partial charge on any atom is -0.329 e. The highest BCUT2D eigenvalue weighted by Crippen LogP contribution is 2.46. The molecule has 6 heteroatoms. The standard InChI is InChI=1S/C13H26N2O2S2/c1-3-13(10-14,11-5-6-11)15-7-8-18-9-12(15)19(16,17)4-2/h11-12H,3-10,14H2,1-2H3. The van der Waals surface area contributed by atoms with Gasteiger partial charge in [-0.1, -0.05) is 13.8 Å². The highest BCUT2D eigenvalue weighted by atomic mass is 32.2. The van der Waals surface area contributed by atoms with Gasteiger partial charge < -0.3 is 5.73 Å². The summed E-state index contributed by atoms with van der Waals surface area (Å²) in [5, 5.41) is -0.333. The lowest BCUT2D eigenvalue weighted by Gasteiger charge is -2.49. The SMILES string of the molecule is CCC(CN)(C1CC1)N1CCSCC1S(=O)(=O)CC. The van der Waals surface area contributed by atoms with Gasteiger partial charge in [-0.25, -0.2) is 8.42 Å². The molecule has 1 saturated heterocycles. The van der Waals surface area contributed by atoms with Gasteiger partial charge in [0.15, 0.2) is 9.84 Å². The quantitative estimate of drug-likeness (QED) is 0.802. The summed E-state index contributed by atoms with van der Waals surface area (Å²) < 4.78 is 24.8. The van der Waals surface area contributed by atoms with E-state index >= 15 is 0 Å². The lowest BCUT2D eigenvalue weighted by molar-refractivity contribution is 0.0640. The topological polar surface area (TPSA) is 63.4 Å². The van der Waals surface area contributed by atoms with Crippen molar-refractivity contribution in [2.45, 2.75) is 44.0 Å². The van der Waals surface area contributed by atoms with Crippen molar-refractivity contribution in [3.63, 3.8) is 0 Å². The van der Waals surface area contributed by atoms with E-state index in [2.05, 4.69) is 11.8 Å². The molecule has 0 aromatic rings. The molecule has 2 aliphatic rings. The number of nitrogens with two attached hydrogens (primary N) is 1. The third-order valence-electron chi connectivity index (χ3n) is 4.78. The van der Waals surface area contributed by atoms with Gasteiger partial charge in [-0.2, -0.15) is 11.8 Å². The highest BCUT2D eigenvalue weighted by Gasteiger charge is 2.51. The first kappa shape index (κ1) is 15.6. The molecule has 0 radical (unpaired) electrons. The van der Waals surface area contributed by atoms with E-state index in [4.69, 9.17) is 5.73 Å². The van der Waals surface area contributed by atoms with Crippen molar-refractivity contribution >= 4 is 21.6 Å². The molecule has 0 bridgehead atoms. The number of nitrogens with zero attached hydrogens (tertiary/aromatic N) is 1. The predicted molar refractivity (Wildman–Crippen MR) is 82.1 cm³/mol. The zero-order chi connectivity index (χ0) is 14.1. The summed E-state index contributed by atoms with van der Waals surface area (Å²) in [7, 11) is -3.03. The summed E-state index contributed by atoms with van der Waals surface area (Å²) in [5.74, 6) is 2.54. The molecule has 19 heavy (non-hydrogen) atoms. The fourth-order valence-corrected chi connectivity index (χ4v) is 6.44. The lowest BCUT2D eigenvalue weighted by atomic mass is 9.87. The average molecular weight is 306 g/mol. The molecule has 1 aliphatic carbocycles. The van der Waals surface area contributed by atoms with E-state index in [1.165, 1.54) is 12.8 Å². The maximum atomic E-state index is 12.4. The molecule has 0 aromatic heterocycles. The molecule has 0 aromatic carbocycles. The molecule has 1 heterocycles. The van der Waals surface area contributed by atoms with E-state index in [1.807, 2.05) is 0 Å². The third-order valence-corrected chi connectivity index (χ3v) is 8.07. The summed E-state index contributed by atoms with van der Waals surface area (Å²) in [4.78, 5) is 2.25. The first-order chi connectivity index (χ1) is 9.01. The molecule has 4 nitrogen and oxygen atoms in total. The smallest absolute Gasteiger partial charge is 0.166 e. The van der Waals surface area contributed by atoms with Gasteiger partial charge >= 0.3 is 0 Å². The van der Waals surface area contributed by atoms with Crippen molar-refractivity contribution in [1.82, 2.24) is 4.90 Å². The predicted octanol–water partition coefficient (Wildman–Crippen LogP) is 1.31. The highest BCUT2D eigenvalue weighted by molar-refractivity contribution is 8.01. The zero-order valence-corrected chi connectivity index (χ0v) is 13.6. The summed E-state index contributed by atoms with van der Waals surface area (Å²) in [6, 6.07) is 0. The zero-order valence-electron chi connectivity index (χ0n) is 12.0. The van der Waals surface area contributed by atoms with Crippen LogP contribution in [0.5, 0.6) is 0 Å². The monoisotopic (exact) mass is 306 g/mol. The number of hydrogen-bond donors (Lipinski definition) is 1. The van der Waals surface area contributed by atoms with Crippen LogP contribution in [0, 0.1) is 5.92 Å². The Morgan fingerprint density at radius 2 is 2.05 bits per heavy atom. The van der Waals surface area contributed by atoms with E-state index in [1.54, 1.807) is 18.7 Å². The molecule has 1 aliphatic heterocycles. The maximum absolute atomic E-state index is 12.4. The van der Waals surface area contributed by atoms with Crippen molar-refractivity contribution in [2.75, 3.05) is 30.3 Å². The Bertz CT molecular complexity index is 403. The molecule has 0 spiro atoms. The summed E-state index contributed by atoms with van der Waals surface area (Å²) in [6.45, 7) is 5.34. The van der Waals surface area contributed by atoms with Gasteiger partial charge in [0.1, 0.15) is 5.37 Å². The van der Waals surface area contributed by atoms with E-state index in [0.717, 1.165) is 18.7 Å². The van der Waals surface area contributed by atoms with Crippen LogP contribution >= 0.6 is 11.8 Å². The van der Waals surface area contributed by atoms with Crippen LogP contribution in [0.15, 0.2) is 0 Å². The van der Waals surface area contributed by atoms with Crippen LogP contribution in [-0.2, 0) is 9.84 Å². The van der Waals surface area contributed by atoms with Crippen LogP contribution in [-0.4, -0.2) is 54.6 Å². The van der Waals surface area contributed by atoms with Crippen molar-refractivity contribution in [2.24, 2.45) is 11.7 Å². The normalized spacial score (nSPS) is 29.1. The minimum absolute atomic E-state index is 0.0894. The fourth-order valence-electron chi connectivity index (χ4n) is 3.36. The summed E-state index contributed by atoms with van der Waals surface area (Å²) in [6.07, 6.45) is 3.36. The molecular weight excluding hydrogens is 280 g/mol. The van der Waals surface area contributed by atoms with Crippen molar-refractivity contribution in [3.05, 3.63) is 0 Å². The van der Waals surface area contributed by atoms with Crippen molar-refractivity contribution in [1.29, 1.82) is 0 Å². The number of hydrogen-bond acceptors (Lipinski definition) is 5. The fraction of sp³-hybridized carbons (Fsp3) is 1.00. The van der Waals surface area contributed by atoms with Gasteiger partial charge in [0, 0.05) is 35.9 Å². The number of rotatable bonds is 6. The van der Waals surface area contributed by atoms with Gasteiger partial charge in [0.05, 0.1) is 0 Å². The summed E-state index contributed by atoms with van der Waals surface area (Å²) >= 11 is 1.76. The Labute approximate surface area is 121 Å². The second-order valence-electron chi connectivity index (χ2n) is 5.61. The minimum atomic E-state index is -3.03. The average Bonchev–Trinajstić information content (AvgIpc) is 3.26. The van der Waals surface area contributed by atoms with E-state index in [0.29, 0.717) is 18.2 Å². The van der Waals surface area contributed by atoms with Crippen molar-refractivity contribution in [3.8, 4) is 0 Å². The first-order valence-electron chi connectivity index (χ1n) is 7.28. The first-order valence-corrected chi connectivity index (χ1v) is 10.1. The van der Waals surface area contributed by atoms with Crippen LogP contribution in [0.4, 0.5) is 0 Å². The molecule has 1 saturated carbocycles. The Morgan fingerprint density at radius 3 is 2.53 bits per heavy atom. The van der Waals surface area contributed by atoms with Gasteiger partial charge in [-0.15, -0.1) is 0 Å². The molecule has 2 rings (SSSR count). The second kappa shape index (κ2) is 5.92. The third kappa shape index (κ3) is 2.82. The Morgan fingerprint density at radius 1 is 1.37 bits per heavy atom. The van der Waals surface area contributed by atoms with Crippen LogP contribution < -0.4 is 5.73 Å². The Hall–Kier alpha value is 0.220. The van der Waals surface area contributed by atoms with E-state index in [9.17, 15) is 8.42 Å². The van der Waals surface area contributed by atoms with Crippen molar-refractivity contribution < 1.29 is 8.42 Å². The summed E-state index contributed by atoms with van der Waals surface area (Å²) in [5.41, 5.74) is 6.00. The van der Waals surface area contributed by atoms with Crippen LogP contribution in [0.2, 0.25) is 0 Å². The molecule has 2 unspecified atom stereocenters. The van der Waals surface area contributed by atoms with Gasteiger partial charge in [-0.05, 0) is 25.2 Å². The molecule has 2 N–H and O–H groups in total.